The van der Waals surface area contributed by atoms with Gasteiger partial charge in [0.2, 0.25) is 0 Å². The molecule has 0 N–H and O–H groups in total. The topological polar surface area (TPSA) is 6.48 Å². The number of aryl methyl sites for hydroxylation is 1. The molecule has 64 heavy (non-hydrogen) atoms. The Kier molecular flexibility index (Phi) is 7.84. The summed E-state index contributed by atoms with van der Waals surface area (Å²) >= 11 is 1.90. The van der Waals surface area contributed by atoms with E-state index in [0.29, 0.717) is 0 Å². The second-order valence-electron chi connectivity index (χ2n) is 19.8. The van der Waals surface area contributed by atoms with Crippen molar-refractivity contribution in [2.24, 2.45) is 0 Å². The first-order valence-electron chi connectivity index (χ1n) is 22.7. The maximum absolute atomic E-state index is 2.70. The molecule has 306 valence electrons. The summed E-state index contributed by atoms with van der Waals surface area (Å²) in [5.74, 6) is 0. The van der Waals surface area contributed by atoms with E-state index in [1.54, 1.807) is 0 Å². The number of anilines is 5. The van der Waals surface area contributed by atoms with Crippen LogP contribution in [0.5, 0.6) is 0 Å². The van der Waals surface area contributed by atoms with Gasteiger partial charge in [0.1, 0.15) is 0 Å². The quantitative estimate of drug-likeness (QED) is 0.164. The summed E-state index contributed by atoms with van der Waals surface area (Å²) < 4.78 is 2.63. The Morgan fingerprint density at radius 2 is 1.25 bits per heavy atom. The molecule has 2 nitrogen and oxygen atoms in total. The van der Waals surface area contributed by atoms with E-state index in [0.717, 1.165) is 0 Å². The normalized spacial score (nSPS) is 14.4. The summed E-state index contributed by atoms with van der Waals surface area (Å²) in [6.45, 7) is 14.0. The van der Waals surface area contributed by atoms with Gasteiger partial charge in [0.25, 0.3) is 0 Å². The molecule has 0 fully saturated rings. The van der Waals surface area contributed by atoms with E-state index >= 15 is 0 Å². The molecular weight excluding hydrogens is 792 g/mol. The standard InChI is InChI=1S/C60H47BN2S/c1-36-30-40(37-16-8-7-9-17-37)24-29-50(36)62-52-35-55-45(44-21-13-15-23-54(44)64-55)33-49(52)61-58-53(62)34-46-43-20-12-14-22-48(43)60(5,6)57(46)56(58)47-31-38-18-10-11-19-39(38)32-51(47)63(61)42-27-25-41(26-28-42)59(2,3)4/h7-35H,1-6H3. The second-order valence-corrected chi connectivity index (χ2v) is 20.9. The predicted octanol–water partition coefficient (Wildman–Crippen LogP) is 15.5. The predicted molar refractivity (Wildman–Crippen MR) is 277 cm³/mol. The Morgan fingerprint density at radius 3 is 2.03 bits per heavy atom. The lowest BCUT2D eigenvalue weighted by atomic mass is 9.42. The number of fused-ring (bicyclic) bond motifs is 12. The van der Waals surface area contributed by atoms with E-state index in [1.165, 1.54) is 126 Å². The van der Waals surface area contributed by atoms with Crippen LogP contribution in [0.15, 0.2) is 176 Å². The van der Waals surface area contributed by atoms with Gasteiger partial charge in [-0.15, -0.1) is 11.3 Å². The largest absolute Gasteiger partial charge is 0.376 e. The first-order chi connectivity index (χ1) is 31.0. The van der Waals surface area contributed by atoms with E-state index < -0.39 is 0 Å². The molecule has 2 aliphatic heterocycles. The third-order valence-corrected chi connectivity index (χ3v) is 15.8. The van der Waals surface area contributed by atoms with Gasteiger partial charge < -0.3 is 9.71 Å². The number of hydrogen-bond acceptors (Lipinski definition) is 3. The van der Waals surface area contributed by atoms with Crippen molar-refractivity contribution >= 4 is 88.5 Å². The molecule has 4 heteroatoms. The average Bonchev–Trinajstić information content (AvgIpc) is 3.78. The van der Waals surface area contributed by atoms with Crippen LogP contribution in [0.25, 0.3) is 64.3 Å². The molecule has 0 unspecified atom stereocenters. The molecule has 0 atom stereocenters. The van der Waals surface area contributed by atoms with Crippen molar-refractivity contribution in [2.75, 3.05) is 9.71 Å². The molecule has 10 aromatic rings. The fourth-order valence-corrected chi connectivity index (χ4v) is 12.7. The zero-order chi connectivity index (χ0) is 43.2. The van der Waals surface area contributed by atoms with Gasteiger partial charge in [0, 0.05) is 59.6 Å². The summed E-state index contributed by atoms with van der Waals surface area (Å²) in [5.41, 5.74) is 21.9. The van der Waals surface area contributed by atoms with Crippen LogP contribution in [0.1, 0.15) is 56.9 Å². The maximum atomic E-state index is 2.70. The van der Waals surface area contributed by atoms with Crippen molar-refractivity contribution in [1.82, 2.24) is 0 Å². The number of rotatable bonds is 3. The van der Waals surface area contributed by atoms with Crippen LogP contribution >= 0.6 is 11.3 Å². The number of thiophene rings is 1. The maximum Gasteiger partial charge on any atom is 0.333 e. The van der Waals surface area contributed by atoms with E-state index in [2.05, 4.69) is 227 Å². The fraction of sp³-hybridized carbons (Fsp3) is 0.133. The van der Waals surface area contributed by atoms with Crippen molar-refractivity contribution in [3.8, 4) is 33.4 Å². The van der Waals surface area contributed by atoms with Crippen molar-refractivity contribution in [2.45, 2.75) is 52.4 Å². The molecule has 3 heterocycles. The molecule has 1 aromatic heterocycles. The Morgan fingerprint density at radius 1 is 0.531 bits per heavy atom. The summed E-state index contributed by atoms with van der Waals surface area (Å²) in [7, 11) is 0. The van der Waals surface area contributed by atoms with Gasteiger partial charge in [0.05, 0.1) is 0 Å². The van der Waals surface area contributed by atoms with Crippen molar-refractivity contribution in [1.29, 1.82) is 0 Å². The Labute approximate surface area is 380 Å². The van der Waals surface area contributed by atoms with E-state index in [-0.39, 0.29) is 17.7 Å². The van der Waals surface area contributed by atoms with Gasteiger partial charge in [-0.3, -0.25) is 0 Å². The fourth-order valence-electron chi connectivity index (χ4n) is 11.6. The van der Waals surface area contributed by atoms with Crippen LogP contribution in [0, 0.1) is 6.92 Å². The molecule has 0 spiro atoms. The monoisotopic (exact) mass is 838 g/mol. The molecule has 13 rings (SSSR count). The Bertz CT molecular complexity index is 3590. The van der Waals surface area contributed by atoms with Crippen molar-refractivity contribution in [3.05, 3.63) is 198 Å². The third kappa shape index (κ3) is 5.27. The highest BCUT2D eigenvalue weighted by molar-refractivity contribution is 7.26. The molecule has 0 bridgehead atoms. The van der Waals surface area contributed by atoms with Gasteiger partial charge in [-0.05, 0) is 139 Å². The summed E-state index contributed by atoms with van der Waals surface area (Å²) in [4.78, 5) is 5.34. The smallest absolute Gasteiger partial charge is 0.333 e. The Balaban J connectivity index is 1.20. The lowest BCUT2D eigenvalue weighted by Gasteiger charge is -2.47. The minimum absolute atomic E-state index is 0.0346. The zero-order valence-corrected chi connectivity index (χ0v) is 37.9. The Hall–Kier alpha value is -6.88. The van der Waals surface area contributed by atoms with Crippen LogP contribution in [0.4, 0.5) is 28.4 Å². The van der Waals surface area contributed by atoms with Crippen LogP contribution < -0.4 is 20.6 Å². The zero-order valence-electron chi connectivity index (χ0n) is 37.1. The lowest BCUT2D eigenvalue weighted by molar-refractivity contribution is 0.590. The highest BCUT2D eigenvalue weighted by Crippen LogP contribution is 2.58. The lowest BCUT2D eigenvalue weighted by Crippen LogP contribution is -2.62. The molecule has 0 saturated heterocycles. The third-order valence-electron chi connectivity index (χ3n) is 14.6. The molecule has 1 aliphatic carbocycles. The summed E-state index contributed by atoms with van der Waals surface area (Å²) in [6, 6.07) is 67.1. The first-order valence-corrected chi connectivity index (χ1v) is 23.5. The minimum atomic E-state index is -0.230. The van der Waals surface area contributed by atoms with Gasteiger partial charge >= 0.3 is 6.85 Å². The summed E-state index contributed by atoms with van der Waals surface area (Å²) in [6.07, 6.45) is 0. The van der Waals surface area contributed by atoms with Crippen LogP contribution in [-0.4, -0.2) is 6.85 Å². The molecular formula is C60H47BN2S. The van der Waals surface area contributed by atoms with E-state index in [4.69, 9.17) is 0 Å². The van der Waals surface area contributed by atoms with Gasteiger partial charge in [-0.1, -0.05) is 156 Å². The van der Waals surface area contributed by atoms with Gasteiger partial charge in [-0.2, -0.15) is 0 Å². The molecule has 0 saturated carbocycles. The van der Waals surface area contributed by atoms with Crippen LogP contribution in [0.2, 0.25) is 0 Å². The highest BCUT2D eigenvalue weighted by atomic mass is 32.1. The van der Waals surface area contributed by atoms with Crippen molar-refractivity contribution < 1.29 is 0 Å². The SMILES string of the molecule is Cc1cc(-c2ccccc2)ccc1N1c2cc3sc4ccccc4c3cc2B2c3c1cc1c(c3-c3cc4ccccc4cc3N2c2ccc(C(C)(C)C)cc2)C(C)(C)c2ccccc2-1. The van der Waals surface area contributed by atoms with Gasteiger partial charge in [0.15, 0.2) is 0 Å². The molecule has 0 radical (unpaired) electrons. The minimum Gasteiger partial charge on any atom is -0.376 e. The first kappa shape index (κ1) is 37.7. The van der Waals surface area contributed by atoms with Crippen LogP contribution in [0.3, 0.4) is 0 Å². The second kappa shape index (κ2) is 13.3. The average molecular weight is 839 g/mol. The van der Waals surface area contributed by atoms with E-state index in [9.17, 15) is 0 Å². The van der Waals surface area contributed by atoms with Crippen molar-refractivity contribution in [3.63, 3.8) is 0 Å². The summed E-state index contributed by atoms with van der Waals surface area (Å²) in [5, 5.41) is 5.15. The number of benzene rings is 9. The highest BCUT2D eigenvalue weighted by Gasteiger charge is 2.50. The number of hydrogen-bond donors (Lipinski definition) is 0. The number of nitrogens with zero attached hydrogens (tertiary/aromatic N) is 2. The molecule has 0 amide bonds. The van der Waals surface area contributed by atoms with Crippen LogP contribution in [-0.2, 0) is 10.8 Å². The molecule has 9 aromatic carbocycles. The van der Waals surface area contributed by atoms with Gasteiger partial charge in [-0.25, -0.2) is 0 Å². The molecule has 3 aliphatic rings. The van der Waals surface area contributed by atoms with E-state index in [1.807, 2.05) is 11.3 Å².